The van der Waals surface area contributed by atoms with Crippen LogP contribution in [-0.4, -0.2) is 13.1 Å². The monoisotopic (exact) mass is 229 g/mol. The van der Waals surface area contributed by atoms with Crippen molar-refractivity contribution >= 4 is 28.9 Å². The number of halogens is 2. The summed E-state index contributed by atoms with van der Waals surface area (Å²) < 4.78 is 0. The summed E-state index contributed by atoms with van der Waals surface area (Å²) in [7, 11) is 2.10. The van der Waals surface area contributed by atoms with Crippen LogP contribution in [0.4, 0.5) is 5.69 Å². The van der Waals surface area contributed by atoms with Gasteiger partial charge >= 0.3 is 0 Å². The van der Waals surface area contributed by atoms with Crippen LogP contribution in [0.25, 0.3) is 0 Å². The minimum atomic E-state index is 0.521. The normalized spacial score (nSPS) is 15.6. The Hall–Kier alpha value is -0.400. The van der Waals surface area contributed by atoms with Gasteiger partial charge in [-0.25, -0.2) is 0 Å². The number of benzene rings is 1. The van der Waals surface area contributed by atoms with Crippen molar-refractivity contribution in [3.63, 3.8) is 0 Å². The summed E-state index contributed by atoms with van der Waals surface area (Å²) in [4.78, 5) is 2.25. The smallest absolute Gasteiger partial charge is 0.0642 e. The van der Waals surface area contributed by atoms with Gasteiger partial charge in [0.25, 0.3) is 0 Å². The topological polar surface area (TPSA) is 3.24 Å². The zero-order valence-corrected chi connectivity index (χ0v) is 9.65. The fourth-order valence-electron chi connectivity index (χ4n) is 1.58. The van der Waals surface area contributed by atoms with Gasteiger partial charge in [-0.05, 0) is 30.5 Å². The summed E-state index contributed by atoms with van der Waals surface area (Å²) in [5, 5.41) is 0.803. The van der Waals surface area contributed by atoms with Crippen molar-refractivity contribution in [3.05, 3.63) is 28.8 Å². The van der Waals surface area contributed by atoms with E-state index in [4.69, 9.17) is 23.2 Å². The molecule has 14 heavy (non-hydrogen) atoms. The Kier molecular flexibility index (Phi) is 2.89. The number of anilines is 1. The zero-order valence-electron chi connectivity index (χ0n) is 8.13. The van der Waals surface area contributed by atoms with Crippen LogP contribution >= 0.6 is 23.2 Å². The van der Waals surface area contributed by atoms with Crippen LogP contribution < -0.4 is 4.90 Å². The molecule has 76 valence electrons. The molecule has 0 bridgehead atoms. The first-order valence-electron chi connectivity index (χ1n) is 4.79. The molecular formula is C11H13Cl2N. The Labute approximate surface area is 94.6 Å². The molecule has 0 amide bonds. The molecule has 0 unspecified atom stereocenters. The lowest BCUT2D eigenvalue weighted by molar-refractivity contribution is 0.917. The van der Waals surface area contributed by atoms with Gasteiger partial charge in [-0.3, -0.25) is 0 Å². The third-order valence-electron chi connectivity index (χ3n) is 2.64. The molecule has 0 radical (unpaired) electrons. The molecule has 0 spiro atoms. The average Bonchev–Trinajstić information content (AvgIpc) is 3.00. The third-order valence-corrected chi connectivity index (χ3v) is 3.25. The van der Waals surface area contributed by atoms with E-state index >= 15 is 0 Å². The van der Waals surface area contributed by atoms with Crippen molar-refractivity contribution in [2.45, 2.75) is 24.8 Å². The molecule has 1 aromatic rings. The number of hydrogen-bond acceptors (Lipinski definition) is 1. The molecule has 2 rings (SSSR count). The highest BCUT2D eigenvalue weighted by Crippen LogP contribution is 2.34. The van der Waals surface area contributed by atoms with Gasteiger partial charge in [-0.15, -0.1) is 11.6 Å². The lowest BCUT2D eigenvalue weighted by Gasteiger charge is -2.20. The van der Waals surface area contributed by atoms with Crippen molar-refractivity contribution < 1.29 is 0 Å². The summed E-state index contributed by atoms with van der Waals surface area (Å²) in [6.07, 6.45) is 2.56. The Morgan fingerprint density at radius 3 is 2.64 bits per heavy atom. The van der Waals surface area contributed by atoms with E-state index in [0.29, 0.717) is 11.9 Å². The molecule has 0 heterocycles. The van der Waals surface area contributed by atoms with Crippen molar-refractivity contribution in [2.24, 2.45) is 0 Å². The molecule has 0 N–H and O–H groups in total. The summed E-state index contributed by atoms with van der Waals surface area (Å²) in [5.74, 6) is 0.521. The molecule has 3 heteroatoms. The molecular weight excluding hydrogens is 217 g/mol. The molecule has 1 aliphatic rings. The van der Waals surface area contributed by atoms with Crippen molar-refractivity contribution in [1.29, 1.82) is 0 Å². The maximum atomic E-state index is 6.17. The fourth-order valence-corrected chi connectivity index (χ4v) is 2.08. The third kappa shape index (κ3) is 1.99. The standard InChI is InChI=1S/C11H13Cl2N/c1-14(9-3-4-9)11-5-2-8(7-12)6-10(11)13/h2,5-6,9H,3-4,7H2,1H3. The van der Waals surface area contributed by atoms with Gasteiger partial charge in [-0.2, -0.15) is 0 Å². The molecule has 1 saturated carbocycles. The second-order valence-electron chi connectivity index (χ2n) is 3.76. The van der Waals surface area contributed by atoms with Gasteiger partial charge in [0.05, 0.1) is 10.7 Å². The van der Waals surface area contributed by atoms with Crippen LogP contribution in [0.5, 0.6) is 0 Å². The van der Waals surface area contributed by atoms with Crippen molar-refractivity contribution in [2.75, 3.05) is 11.9 Å². The largest absolute Gasteiger partial charge is 0.370 e. The van der Waals surface area contributed by atoms with Crippen LogP contribution in [0.2, 0.25) is 5.02 Å². The predicted molar refractivity (Wildman–Crippen MR) is 62.4 cm³/mol. The van der Waals surface area contributed by atoms with Gasteiger partial charge in [-0.1, -0.05) is 17.7 Å². The van der Waals surface area contributed by atoms with E-state index in [1.165, 1.54) is 12.8 Å². The summed E-state index contributed by atoms with van der Waals surface area (Å²) in [6.45, 7) is 0. The van der Waals surface area contributed by atoms with Crippen LogP contribution in [0, 0.1) is 0 Å². The first kappa shape index (κ1) is 10.1. The zero-order chi connectivity index (χ0) is 10.1. The van der Waals surface area contributed by atoms with Gasteiger partial charge in [0, 0.05) is 19.0 Å². The highest BCUT2D eigenvalue weighted by molar-refractivity contribution is 6.33. The summed E-state index contributed by atoms with van der Waals surface area (Å²) in [5.41, 5.74) is 2.19. The Morgan fingerprint density at radius 2 is 2.14 bits per heavy atom. The van der Waals surface area contributed by atoms with Crippen LogP contribution in [0.15, 0.2) is 18.2 Å². The molecule has 1 nitrogen and oxygen atoms in total. The van der Waals surface area contributed by atoms with E-state index in [1.54, 1.807) is 0 Å². The molecule has 0 saturated heterocycles. The van der Waals surface area contributed by atoms with Gasteiger partial charge in [0.1, 0.15) is 0 Å². The maximum absolute atomic E-state index is 6.17. The highest BCUT2D eigenvalue weighted by Gasteiger charge is 2.27. The molecule has 0 aromatic heterocycles. The van der Waals surface area contributed by atoms with Crippen molar-refractivity contribution in [3.8, 4) is 0 Å². The molecule has 1 aliphatic carbocycles. The lowest BCUT2D eigenvalue weighted by Crippen LogP contribution is -2.19. The van der Waals surface area contributed by atoms with E-state index < -0.39 is 0 Å². The summed E-state index contributed by atoms with van der Waals surface area (Å²) >= 11 is 11.9. The van der Waals surface area contributed by atoms with E-state index in [-0.39, 0.29) is 0 Å². The van der Waals surface area contributed by atoms with E-state index in [1.807, 2.05) is 12.1 Å². The highest BCUT2D eigenvalue weighted by atomic mass is 35.5. The van der Waals surface area contributed by atoms with Crippen LogP contribution in [-0.2, 0) is 5.88 Å². The number of nitrogens with zero attached hydrogens (tertiary/aromatic N) is 1. The maximum Gasteiger partial charge on any atom is 0.0642 e. The molecule has 1 aromatic carbocycles. The number of rotatable bonds is 3. The molecule has 0 atom stereocenters. The van der Waals surface area contributed by atoms with Gasteiger partial charge < -0.3 is 4.90 Å². The minimum Gasteiger partial charge on any atom is -0.370 e. The quantitative estimate of drug-likeness (QED) is 0.716. The fraction of sp³-hybridized carbons (Fsp3) is 0.455. The van der Waals surface area contributed by atoms with E-state index in [2.05, 4.69) is 18.0 Å². The molecule has 1 fully saturated rings. The Balaban J connectivity index is 2.24. The second-order valence-corrected chi connectivity index (χ2v) is 4.44. The van der Waals surface area contributed by atoms with Gasteiger partial charge in [0.2, 0.25) is 0 Å². The van der Waals surface area contributed by atoms with Crippen LogP contribution in [0.3, 0.4) is 0 Å². The summed E-state index contributed by atoms with van der Waals surface area (Å²) in [6, 6.07) is 6.73. The predicted octanol–water partition coefficient (Wildman–Crippen LogP) is 3.68. The first-order valence-corrected chi connectivity index (χ1v) is 5.71. The van der Waals surface area contributed by atoms with Crippen LogP contribution in [0.1, 0.15) is 18.4 Å². The lowest BCUT2D eigenvalue weighted by atomic mass is 10.2. The first-order chi connectivity index (χ1) is 6.72. The number of alkyl halides is 1. The van der Waals surface area contributed by atoms with Gasteiger partial charge in [0.15, 0.2) is 0 Å². The average molecular weight is 230 g/mol. The minimum absolute atomic E-state index is 0.521. The van der Waals surface area contributed by atoms with E-state index in [9.17, 15) is 0 Å². The molecule has 0 aliphatic heterocycles. The SMILES string of the molecule is CN(c1ccc(CCl)cc1Cl)C1CC1. The van der Waals surface area contributed by atoms with E-state index in [0.717, 1.165) is 16.3 Å². The van der Waals surface area contributed by atoms with Crippen molar-refractivity contribution in [1.82, 2.24) is 0 Å². The Bertz CT molecular complexity index is 334. The number of hydrogen-bond donors (Lipinski definition) is 0. The Morgan fingerprint density at radius 1 is 1.43 bits per heavy atom. The second kappa shape index (κ2) is 4.00.